The van der Waals surface area contributed by atoms with Gasteiger partial charge in [0.15, 0.2) is 0 Å². The Bertz CT molecular complexity index is 739. The molecule has 9 heteroatoms. The molecule has 2 rings (SSSR count). The second kappa shape index (κ2) is 5.91. The zero-order valence-electron chi connectivity index (χ0n) is 9.72. The van der Waals surface area contributed by atoms with Crippen LogP contribution in [-0.2, 0) is 0 Å². The molecule has 20 heavy (non-hydrogen) atoms. The van der Waals surface area contributed by atoms with Crippen molar-refractivity contribution in [3.8, 4) is 12.1 Å². The lowest BCUT2D eigenvalue weighted by Gasteiger charge is -2.05. The first kappa shape index (κ1) is 13.6. The zero-order valence-corrected chi connectivity index (χ0v) is 11.3. The number of aromatic nitrogens is 4. The number of hydrogen-bond acceptors (Lipinski definition) is 6. The fraction of sp³-hybridized carbons (Fsp3) is 0. The van der Waals surface area contributed by atoms with E-state index in [0.29, 0.717) is 10.2 Å². The zero-order chi connectivity index (χ0) is 14.5. The van der Waals surface area contributed by atoms with Gasteiger partial charge in [-0.3, -0.25) is 0 Å². The van der Waals surface area contributed by atoms with Crippen molar-refractivity contribution in [2.75, 3.05) is 5.32 Å². The van der Waals surface area contributed by atoms with Crippen LogP contribution in [0.5, 0.6) is 0 Å². The van der Waals surface area contributed by atoms with E-state index < -0.39 is 5.82 Å². The minimum atomic E-state index is -0.662. The van der Waals surface area contributed by atoms with Crippen LogP contribution in [0.15, 0.2) is 22.8 Å². The van der Waals surface area contributed by atoms with Crippen LogP contribution in [-0.4, -0.2) is 20.6 Å². The molecule has 0 bridgehead atoms. The molecule has 0 aliphatic carbocycles. The summed E-state index contributed by atoms with van der Waals surface area (Å²) < 4.78 is 14.0. The van der Waals surface area contributed by atoms with E-state index in [1.54, 1.807) is 6.07 Å². The predicted octanol–water partition coefficient (Wildman–Crippen LogP) is 1.95. The van der Waals surface area contributed by atoms with Crippen molar-refractivity contribution in [3.63, 3.8) is 0 Å². The lowest BCUT2D eigenvalue weighted by Crippen LogP contribution is -1.96. The van der Waals surface area contributed by atoms with Gasteiger partial charge in [-0.1, -0.05) is 0 Å². The first-order valence-electron chi connectivity index (χ1n) is 5.15. The first-order valence-corrected chi connectivity index (χ1v) is 5.94. The summed E-state index contributed by atoms with van der Waals surface area (Å²) >= 11 is 3.20. The van der Waals surface area contributed by atoms with E-state index in [1.807, 2.05) is 6.07 Å². The maximum atomic E-state index is 13.5. The Morgan fingerprint density at radius 1 is 1.45 bits per heavy atom. The van der Waals surface area contributed by atoms with Gasteiger partial charge in [0.05, 0.1) is 11.3 Å². The van der Waals surface area contributed by atoms with Crippen LogP contribution in [0.2, 0.25) is 0 Å². The third kappa shape index (κ3) is 2.79. The second-order valence-electron chi connectivity index (χ2n) is 3.47. The highest BCUT2D eigenvalue weighted by Gasteiger charge is 2.09. The van der Waals surface area contributed by atoms with Crippen molar-refractivity contribution in [2.24, 2.45) is 0 Å². The predicted molar refractivity (Wildman–Crippen MR) is 70.2 cm³/mol. The Hall–Kier alpha value is -2.78. The number of aromatic amines is 1. The maximum absolute atomic E-state index is 13.5. The number of tetrazole rings is 1. The average molecular weight is 334 g/mol. The largest absolute Gasteiger partial charge is 0.359 e. The van der Waals surface area contributed by atoms with Gasteiger partial charge in [-0.05, 0) is 33.3 Å². The Balaban J connectivity index is 2.30. The molecule has 0 spiro atoms. The van der Waals surface area contributed by atoms with Gasteiger partial charge in [0.25, 0.3) is 0 Å². The number of benzene rings is 1. The van der Waals surface area contributed by atoms with Crippen LogP contribution in [0.1, 0.15) is 11.4 Å². The van der Waals surface area contributed by atoms with Gasteiger partial charge < -0.3 is 5.32 Å². The SMILES string of the molecule is N#CC(=CNc1cc(F)c(C#N)cc1Br)c1nn[nH]n1. The molecule has 0 aliphatic heterocycles. The van der Waals surface area contributed by atoms with E-state index >= 15 is 0 Å². The molecule has 2 N–H and O–H groups in total. The number of anilines is 1. The van der Waals surface area contributed by atoms with Crippen molar-refractivity contribution in [1.82, 2.24) is 20.6 Å². The number of hydrogen-bond donors (Lipinski definition) is 2. The van der Waals surface area contributed by atoms with E-state index in [-0.39, 0.29) is 17.0 Å². The standard InChI is InChI=1S/C11H5BrFN7/c12-8-1-6(3-14)9(13)2-10(8)16-5-7(4-15)11-17-19-20-18-11/h1-2,5,16H,(H,17,18,19,20). The summed E-state index contributed by atoms with van der Waals surface area (Å²) in [5, 5.41) is 33.3. The van der Waals surface area contributed by atoms with Crippen LogP contribution >= 0.6 is 15.9 Å². The average Bonchev–Trinajstić information content (AvgIpc) is 2.96. The van der Waals surface area contributed by atoms with Crippen LogP contribution in [0, 0.1) is 28.5 Å². The molecule has 7 nitrogen and oxygen atoms in total. The summed E-state index contributed by atoms with van der Waals surface area (Å²) in [5.41, 5.74) is 0.401. The monoisotopic (exact) mass is 333 g/mol. The molecule has 1 aromatic carbocycles. The maximum Gasteiger partial charge on any atom is 0.216 e. The quantitative estimate of drug-likeness (QED) is 0.829. The van der Waals surface area contributed by atoms with Crippen LogP contribution < -0.4 is 5.32 Å². The molecule has 0 unspecified atom stereocenters. The highest BCUT2D eigenvalue weighted by molar-refractivity contribution is 9.10. The lowest BCUT2D eigenvalue weighted by molar-refractivity contribution is 0.624. The Kier molecular flexibility index (Phi) is 4.03. The van der Waals surface area contributed by atoms with Crippen molar-refractivity contribution in [3.05, 3.63) is 40.0 Å². The Morgan fingerprint density at radius 3 is 2.85 bits per heavy atom. The number of allylic oxidation sites excluding steroid dienone is 1. The number of nitriles is 2. The Labute approximate surface area is 120 Å². The van der Waals surface area contributed by atoms with E-state index in [0.717, 1.165) is 6.07 Å². The normalized spacial score (nSPS) is 10.7. The van der Waals surface area contributed by atoms with Crippen molar-refractivity contribution in [2.45, 2.75) is 0 Å². The summed E-state index contributed by atoms with van der Waals surface area (Å²) in [6.45, 7) is 0. The molecule has 0 saturated carbocycles. The number of halogens is 2. The molecule has 1 aromatic heterocycles. The van der Waals surface area contributed by atoms with E-state index in [9.17, 15) is 4.39 Å². The lowest BCUT2D eigenvalue weighted by atomic mass is 10.2. The molecule has 0 fully saturated rings. The Morgan fingerprint density at radius 2 is 2.25 bits per heavy atom. The fourth-order valence-electron chi connectivity index (χ4n) is 1.32. The summed E-state index contributed by atoms with van der Waals surface area (Å²) in [7, 11) is 0. The summed E-state index contributed by atoms with van der Waals surface area (Å²) in [6.07, 6.45) is 1.32. The minimum Gasteiger partial charge on any atom is -0.359 e. The van der Waals surface area contributed by atoms with Gasteiger partial charge in [0.2, 0.25) is 5.82 Å². The van der Waals surface area contributed by atoms with E-state index in [2.05, 4.69) is 41.9 Å². The second-order valence-corrected chi connectivity index (χ2v) is 4.33. The smallest absolute Gasteiger partial charge is 0.216 e. The number of H-pyrrole nitrogens is 1. The van der Waals surface area contributed by atoms with E-state index in [4.69, 9.17) is 10.5 Å². The molecule has 0 saturated heterocycles. The summed E-state index contributed by atoms with van der Waals surface area (Å²) in [4.78, 5) is 0. The van der Waals surface area contributed by atoms with Crippen LogP contribution in [0.25, 0.3) is 5.57 Å². The van der Waals surface area contributed by atoms with Gasteiger partial charge in [-0.2, -0.15) is 15.7 Å². The van der Waals surface area contributed by atoms with Gasteiger partial charge in [-0.15, -0.1) is 10.2 Å². The summed E-state index contributed by atoms with van der Waals surface area (Å²) in [5.74, 6) is -0.546. The molecule has 0 atom stereocenters. The fourth-order valence-corrected chi connectivity index (χ4v) is 1.77. The van der Waals surface area contributed by atoms with Gasteiger partial charge >= 0.3 is 0 Å². The molecular formula is C11H5BrFN7. The minimum absolute atomic E-state index is 0.0786. The molecule has 1 heterocycles. The number of nitrogens with one attached hydrogen (secondary N) is 2. The third-order valence-corrected chi connectivity index (χ3v) is 2.91. The third-order valence-electron chi connectivity index (χ3n) is 2.26. The first-order chi connectivity index (χ1) is 9.65. The van der Waals surface area contributed by atoms with Crippen molar-refractivity contribution >= 4 is 27.2 Å². The molecule has 2 aromatic rings. The van der Waals surface area contributed by atoms with Crippen LogP contribution in [0.4, 0.5) is 10.1 Å². The molecular weight excluding hydrogens is 329 g/mol. The number of rotatable bonds is 3. The number of nitrogens with zero attached hydrogens (tertiary/aromatic N) is 5. The van der Waals surface area contributed by atoms with Crippen LogP contribution in [0.3, 0.4) is 0 Å². The van der Waals surface area contributed by atoms with Gasteiger partial charge in [0, 0.05) is 10.7 Å². The van der Waals surface area contributed by atoms with E-state index in [1.165, 1.54) is 12.3 Å². The topological polar surface area (TPSA) is 114 Å². The highest BCUT2D eigenvalue weighted by atomic mass is 79.9. The van der Waals surface area contributed by atoms with Crippen molar-refractivity contribution < 1.29 is 4.39 Å². The molecule has 0 aliphatic rings. The molecule has 0 amide bonds. The van der Waals surface area contributed by atoms with Gasteiger partial charge in [-0.25, -0.2) is 4.39 Å². The van der Waals surface area contributed by atoms with Gasteiger partial charge in [0.1, 0.15) is 23.5 Å². The summed E-state index contributed by atoms with van der Waals surface area (Å²) in [6, 6.07) is 6.09. The highest BCUT2D eigenvalue weighted by Crippen LogP contribution is 2.26. The van der Waals surface area contributed by atoms with Crippen molar-refractivity contribution in [1.29, 1.82) is 10.5 Å². The molecule has 98 valence electrons. The molecule has 0 radical (unpaired) electrons.